The van der Waals surface area contributed by atoms with E-state index in [4.69, 9.17) is 9.57 Å². The van der Waals surface area contributed by atoms with Crippen LogP contribution < -0.4 is 5.48 Å². The summed E-state index contributed by atoms with van der Waals surface area (Å²) < 4.78 is 5.38. The lowest BCUT2D eigenvalue weighted by molar-refractivity contribution is -0.00394. The van der Waals surface area contributed by atoms with Crippen LogP contribution in [0.2, 0.25) is 0 Å². The summed E-state index contributed by atoms with van der Waals surface area (Å²) in [5, 5.41) is 0. The first-order valence-corrected chi connectivity index (χ1v) is 7.50. The van der Waals surface area contributed by atoms with Crippen molar-refractivity contribution in [2.45, 2.75) is 39.0 Å². The molecule has 120 valence electrons. The molecule has 5 heteroatoms. The van der Waals surface area contributed by atoms with E-state index in [1.165, 1.54) is 0 Å². The third kappa shape index (κ3) is 5.50. The van der Waals surface area contributed by atoms with Gasteiger partial charge in [-0.2, -0.15) is 5.48 Å². The zero-order valence-corrected chi connectivity index (χ0v) is 13.4. The van der Waals surface area contributed by atoms with Gasteiger partial charge >= 0.3 is 6.09 Å². The Kier molecular flexibility index (Phi) is 5.57. The second kappa shape index (κ2) is 7.42. The van der Waals surface area contributed by atoms with E-state index >= 15 is 0 Å². The highest BCUT2D eigenvalue weighted by molar-refractivity contribution is 5.68. The minimum atomic E-state index is -0.481. The Bertz CT molecular complexity index is 508. The number of nitrogens with zero attached hydrogens (tertiary/aromatic N) is 1. The van der Waals surface area contributed by atoms with Gasteiger partial charge in [0.05, 0.1) is 12.6 Å². The van der Waals surface area contributed by atoms with Gasteiger partial charge in [0.25, 0.3) is 0 Å². The zero-order valence-electron chi connectivity index (χ0n) is 13.4. The van der Waals surface area contributed by atoms with Crippen LogP contribution in [0.15, 0.2) is 42.5 Å². The number of carbonyl (C=O) groups excluding carboxylic acids is 1. The molecule has 0 radical (unpaired) electrons. The molecule has 1 aliphatic rings. The van der Waals surface area contributed by atoms with Gasteiger partial charge in [-0.3, -0.25) is 4.84 Å². The Morgan fingerprint density at radius 3 is 2.73 bits per heavy atom. The quantitative estimate of drug-likeness (QED) is 0.686. The van der Waals surface area contributed by atoms with Crippen LogP contribution in [0.1, 0.15) is 26.3 Å². The number of hydrogen-bond acceptors (Lipinski definition) is 4. The Labute approximate surface area is 131 Å². The highest BCUT2D eigenvalue weighted by Crippen LogP contribution is 2.12. The molecule has 0 saturated carbocycles. The molecule has 22 heavy (non-hydrogen) atoms. The maximum Gasteiger partial charge on any atom is 0.410 e. The monoisotopic (exact) mass is 304 g/mol. The molecule has 2 rings (SSSR count). The smallest absolute Gasteiger partial charge is 0.410 e. The van der Waals surface area contributed by atoms with Gasteiger partial charge in [0, 0.05) is 13.1 Å². The number of carbonyl (C=O) groups is 1. The van der Waals surface area contributed by atoms with Gasteiger partial charge in [-0.1, -0.05) is 42.5 Å². The number of hydrogen-bond donors (Lipinski definition) is 1. The Hall–Kier alpha value is -1.85. The molecule has 1 aromatic rings. The van der Waals surface area contributed by atoms with Gasteiger partial charge in [-0.25, -0.2) is 4.79 Å². The summed E-state index contributed by atoms with van der Waals surface area (Å²) in [5.74, 6) is 0. The maximum atomic E-state index is 12.1. The van der Waals surface area contributed by atoms with Crippen molar-refractivity contribution >= 4 is 6.09 Å². The molecular weight excluding hydrogens is 280 g/mol. The first-order valence-electron chi connectivity index (χ1n) is 7.50. The predicted octanol–water partition coefficient (Wildman–Crippen LogP) is 2.88. The van der Waals surface area contributed by atoms with Crippen LogP contribution in [-0.2, 0) is 16.2 Å². The first kappa shape index (κ1) is 16.5. The molecule has 1 aliphatic heterocycles. The average molecular weight is 304 g/mol. The van der Waals surface area contributed by atoms with Gasteiger partial charge < -0.3 is 9.64 Å². The zero-order chi connectivity index (χ0) is 16.0. The lowest BCUT2D eigenvalue weighted by Crippen LogP contribution is -2.47. The van der Waals surface area contributed by atoms with E-state index in [-0.39, 0.29) is 12.1 Å². The minimum absolute atomic E-state index is 0.0371. The van der Waals surface area contributed by atoms with Crippen LogP contribution in [0.5, 0.6) is 0 Å². The van der Waals surface area contributed by atoms with E-state index in [1.54, 1.807) is 4.90 Å². The van der Waals surface area contributed by atoms with Gasteiger partial charge in [0.15, 0.2) is 0 Å². The van der Waals surface area contributed by atoms with Crippen molar-refractivity contribution in [3.05, 3.63) is 48.0 Å². The largest absolute Gasteiger partial charge is 0.444 e. The fraction of sp³-hybridized carbons (Fsp3) is 0.471. The van der Waals surface area contributed by atoms with Crippen LogP contribution in [0.4, 0.5) is 4.79 Å². The molecule has 5 nitrogen and oxygen atoms in total. The van der Waals surface area contributed by atoms with Crippen LogP contribution in [0, 0.1) is 0 Å². The van der Waals surface area contributed by atoms with Crippen molar-refractivity contribution in [3.8, 4) is 0 Å². The third-order valence-electron chi connectivity index (χ3n) is 3.08. The van der Waals surface area contributed by atoms with E-state index in [2.05, 4.69) is 5.48 Å². The topological polar surface area (TPSA) is 50.8 Å². The van der Waals surface area contributed by atoms with Gasteiger partial charge in [-0.15, -0.1) is 0 Å². The first-order chi connectivity index (χ1) is 10.4. The molecule has 0 bridgehead atoms. The van der Waals surface area contributed by atoms with Crippen LogP contribution >= 0.6 is 0 Å². The molecule has 0 aliphatic carbocycles. The van der Waals surface area contributed by atoms with E-state index in [0.29, 0.717) is 19.7 Å². The Morgan fingerprint density at radius 2 is 2.05 bits per heavy atom. The number of hydroxylamine groups is 1. The fourth-order valence-electron chi connectivity index (χ4n) is 2.08. The Morgan fingerprint density at radius 1 is 1.32 bits per heavy atom. The van der Waals surface area contributed by atoms with E-state index in [9.17, 15) is 4.79 Å². The molecule has 1 unspecified atom stereocenters. The van der Waals surface area contributed by atoms with Crippen molar-refractivity contribution in [2.75, 3.05) is 13.1 Å². The summed E-state index contributed by atoms with van der Waals surface area (Å²) in [4.78, 5) is 19.2. The minimum Gasteiger partial charge on any atom is -0.444 e. The molecule has 1 N–H and O–H groups in total. The molecule has 1 amide bonds. The Balaban J connectivity index is 1.77. The second-order valence-corrected chi connectivity index (χ2v) is 6.31. The van der Waals surface area contributed by atoms with E-state index in [1.807, 2.05) is 63.3 Å². The molecule has 1 atom stereocenters. The summed E-state index contributed by atoms with van der Waals surface area (Å²) in [6, 6.07) is 9.90. The normalized spacial score (nSPS) is 18.3. The summed E-state index contributed by atoms with van der Waals surface area (Å²) in [7, 11) is 0. The fourth-order valence-corrected chi connectivity index (χ4v) is 2.08. The van der Waals surface area contributed by atoms with Crippen molar-refractivity contribution < 1.29 is 14.4 Å². The van der Waals surface area contributed by atoms with Gasteiger partial charge in [0.1, 0.15) is 5.60 Å². The van der Waals surface area contributed by atoms with Crippen molar-refractivity contribution in [1.29, 1.82) is 0 Å². The van der Waals surface area contributed by atoms with Crippen LogP contribution in [-0.4, -0.2) is 35.7 Å². The number of amides is 1. The number of ether oxygens (including phenoxy) is 1. The molecular formula is C17H24N2O3. The average Bonchev–Trinajstić information content (AvgIpc) is 2.47. The lowest BCUT2D eigenvalue weighted by atomic mass is 10.2. The molecule has 0 saturated heterocycles. The summed E-state index contributed by atoms with van der Waals surface area (Å²) in [5.41, 5.74) is 3.60. The summed E-state index contributed by atoms with van der Waals surface area (Å²) >= 11 is 0. The van der Waals surface area contributed by atoms with Gasteiger partial charge in [0.2, 0.25) is 0 Å². The van der Waals surface area contributed by atoms with Crippen molar-refractivity contribution in [2.24, 2.45) is 0 Å². The SMILES string of the molecule is CC(C)(C)OC(=O)N1CC=CC(NOCc2ccccc2)C1. The van der Waals surface area contributed by atoms with Crippen LogP contribution in [0.25, 0.3) is 0 Å². The van der Waals surface area contributed by atoms with Gasteiger partial charge in [-0.05, 0) is 26.3 Å². The number of benzene rings is 1. The molecule has 1 aromatic carbocycles. The molecule has 0 aromatic heterocycles. The predicted molar refractivity (Wildman–Crippen MR) is 85.1 cm³/mol. The summed E-state index contributed by atoms with van der Waals surface area (Å²) in [6.45, 7) is 7.17. The van der Waals surface area contributed by atoms with Crippen molar-refractivity contribution in [1.82, 2.24) is 10.4 Å². The van der Waals surface area contributed by atoms with Crippen molar-refractivity contribution in [3.63, 3.8) is 0 Å². The molecule has 0 fully saturated rings. The lowest BCUT2D eigenvalue weighted by Gasteiger charge is -2.31. The maximum absolute atomic E-state index is 12.1. The standard InChI is InChI=1S/C17H24N2O3/c1-17(2,3)22-16(20)19-11-7-10-15(12-19)18-21-13-14-8-5-4-6-9-14/h4-10,15,18H,11-13H2,1-3H3. The molecule has 0 spiro atoms. The van der Waals surface area contributed by atoms with E-state index < -0.39 is 5.60 Å². The molecule has 1 heterocycles. The number of nitrogens with one attached hydrogen (secondary N) is 1. The highest BCUT2D eigenvalue weighted by atomic mass is 16.6. The van der Waals surface area contributed by atoms with E-state index in [0.717, 1.165) is 5.56 Å². The summed E-state index contributed by atoms with van der Waals surface area (Å²) in [6.07, 6.45) is 3.65. The number of rotatable bonds is 4. The second-order valence-electron chi connectivity index (χ2n) is 6.31. The van der Waals surface area contributed by atoms with Crippen LogP contribution in [0.3, 0.4) is 0 Å². The highest BCUT2D eigenvalue weighted by Gasteiger charge is 2.25. The third-order valence-corrected chi connectivity index (χ3v) is 3.08.